The summed E-state index contributed by atoms with van der Waals surface area (Å²) in [6.45, 7) is 0.997. The van der Waals surface area contributed by atoms with Crippen molar-refractivity contribution in [3.8, 4) is 12.3 Å². The van der Waals surface area contributed by atoms with Gasteiger partial charge in [0.1, 0.15) is 0 Å². The summed E-state index contributed by atoms with van der Waals surface area (Å²) >= 11 is 0. The molecule has 0 spiro atoms. The van der Waals surface area contributed by atoms with Crippen LogP contribution in [-0.2, 0) is 0 Å². The summed E-state index contributed by atoms with van der Waals surface area (Å²) in [6, 6.07) is 0. The fourth-order valence-corrected chi connectivity index (χ4v) is 0.288. The van der Waals surface area contributed by atoms with Gasteiger partial charge in [0, 0.05) is 13.0 Å². The molecule has 0 aliphatic heterocycles. The van der Waals surface area contributed by atoms with E-state index in [1.807, 2.05) is 14.1 Å². The molecule has 0 bridgehead atoms. The molecule has 0 radical (unpaired) electrons. The van der Waals surface area contributed by atoms with Crippen molar-refractivity contribution in [2.24, 2.45) is 0 Å². The Morgan fingerprint density at radius 2 is 2.14 bits per heavy atom. The van der Waals surface area contributed by atoms with E-state index in [0.29, 0.717) is 0 Å². The summed E-state index contributed by atoms with van der Waals surface area (Å²) in [4.78, 5) is 2.07. The highest BCUT2D eigenvalue weighted by Crippen LogP contribution is 1.76. The van der Waals surface area contributed by atoms with Gasteiger partial charge in [-0.15, -0.1) is 12.3 Å². The largest absolute Gasteiger partial charge is 0.308 e. The van der Waals surface area contributed by atoms with E-state index in [4.69, 9.17) is 6.42 Å². The first-order valence-electron chi connectivity index (χ1n) is 2.35. The average Bonchev–Trinajstić information content (AvgIpc) is 1.61. The SMILES string of the molecule is C#CCCN(C)C. The van der Waals surface area contributed by atoms with Gasteiger partial charge in [0.25, 0.3) is 0 Å². The Bertz CT molecular complexity index is 68.7. The number of terminal acetylenes is 1. The van der Waals surface area contributed by atoms with Crippen molar-refractivity contribution in [1.82, 2.24) is 4.90 Å². The lowest BCUT2D eigenvalue weighted by Gasteiger charge is -2.03. The van der Waals surface area contributed by atoms with E-state index in [1.165, 1.54) is 0 Å². The maximum atomic E-state index is 5.00. The molecule has 0 atom stereocenters. The second kappa shape index (κ2) is 3.70. The van der Waals surface area contributed by atoms with E-state index in [-0.39, 0.29) is 0 Å². The van der Waals surface area contributed by atoms with Crippen molar-refractivity contribution in [3.63, 3.8) is 0 Å². The molecule has 0 amide bonds. The minimum atomic E-state index is 0.854. The molecule has 0 fully saturated rings. The van der Waals surface area contributed by atoms with Crippen molar-refractivity contribution in [2.45, 2.75) is 6.42 Å². The van der Waals surface area contributed by atoms with Gasteiger partial charge in [0.15, 0.2) is 0 Å². The first kappa shape index (κ1) is 6.52. The summed E-state index contributed by atoms with van der Waals surface area (Å²) in [5.41, 5.74) is 0. The van der Waals surface area contributed by atoms with Gasteiger partial charge in [-0.1, -0.05) is 0 Å². The van der Waals surface area contributed by atoms with E-state index < -0.39 is 0 Å². The number of rotatable bonds is 2. The van der Waals surface area contributed by atoms with Gasteiger partial charge in [0.05, 0.1) is 0 Å². The molecule has 1 nitrogen and oxygen atoms in total. The standard InChI is InChI=1S/C6H11N/c1-4-5-6-7(2)3/h1H,5-6H2,2-3H3. The van der Waals surface area contributed by atoms with Crippen LogP contribution in [0.1, 0.15) is 6.42 Å². The fraction of sp³-hybridized carbons (Fsp3) is 0.667. The second-order valence-corrected chi connectivity index (χ2v) is 1.76. The van der Waals surface area contributed by atoms with Crippen molar-refractivity contribution < 1.29 is 0 Å². The minimum absolute atomic E-state index is 0.854. The molecule has 7 heavy (non-hydrogen) atoms. The minimum Gasteiger partial charge on any atom is -0.308 e. The average molecular weight is 97.2 g/mol. The topological polar surface area (TPSA) is 3.24 Å². The Balaban J connectivity index is 2.86. The van der Waals surface area contributed by atoms with Crippen LogP contribution in [0.3, 0.4) is 0 Å². The first-order chi connectivity index (χ1) is 3.27. The van der Waals surface area contributed by atoms with Crippen LogP contribution < -0.4 is 0 Å². The lowest BCUT2D eigenvalue weighted by molar-refractivity contribution is 0.420. The molecule has 0 aliphatic rings. The molecule has 0 unspecified atom stereocenters. The fourth-order valence-electron chi connectivity index (χ4n) is 0.288. The molecule has 0 N–H and O–H groups in total. The highest BCUT2D eigenvalue weighted by molar-refractivity contribution is 4.83. The van der Waals surface area contributed by atoms with Gasteiger partial charge >= 0.3 is 0 Å². The van der Waals surface area contributed by atoms with Gasteiger partial charge in [0.2, 0.25) is 0 Å². The summed E-state index contributed by atoms with van der Waals surface area (Å²) in [6.07, 6.45) is 5.85. The van der Waals surface area contributed by atoms with Crippen LogP contribution in [0.5, 0.6) is 0 Å². The second-order valence-electron chi connectivity index (χ2n) is 1.76. The Labute approximate surface area is 45.3 Å². The molecule has 0 aromatic rings. The third kappa shape index (κ3) is 5.52. The summed E-state index contributed by atoms with van der Waals surface area (Å²) < 4.78 is 0. The molecule has 0 saturated carbocycles. The Kier molecular flexibility index (Phi) is 3.45. The van der Waals surface area contributed by atoms with Gasteiger partial charge in [-0.05, 0) is 14.1 Å². The highest BCUT2D eigenvalue weighted by atomic mass is 15.0. The Morgan fingerprint density at radius 1 is 1.57 bits per heavy atom. The van der Waals surface area contributed by atoms with E-state index in [0.717, 1.165) is 13.0 Å². The molecular weight excluding hydrogens is 86.1 g/mol. The van der Waals surface area contributed by atoms with Crippen LogP contribution in [0.4, 0.5) is 0 Å². The maximum Gasteiger partial charge on any atom is 0.0214 e. The van der Waals surface area contributed by atoms with Crippen molar-refractivity contribution in [2.75, 3.05) is 20.6 Å². The van der Waals surface area contributed by atoms with Crippen molar-refractivity contribution in [1.29, 1.82) is 0 Å². The summed E-state index contributed by atoms with van der Waals surface area (Å²) in [5, 5.41) is 0. The van der Waals surface area contributed by atoms with Gasteiger partial charge in [-0.3, -0.25) is 0 Å². The Hall–Kier alpha value is -0.480. The molecule has 1 heteroatoms. The third-order valence-electron chi connectivity index (χ3n) is 0.703. The zero-order chi connectivity index (χ0) is 5.70. The quantitative estimate of drug-likeness (QED) is 0.455. The van der Waals surface area contributed by atoms with Gasteiger partial charge < -0.3 is 4.90 Å². The zero-order valence-electron chi connectivity index (χ0n) is 4.94. The molecule has 0 aliphatic carbocycles. The monoisotopic (exact) mass is 97.1 g/mol. The van der Waals surface area contributed by atoms with Crippen LogP contribution in [0.25, 0.3) is 0 Å². The van der Waals surface area contributed by atoms with Gasteiger partial charge in [-0.25, -0.2) is 0 Å². The maximum absolute atomic E-state index is 5.00. The van der Waals surface area contributed by atoms with E-state index in [9.17, 15) is 0 Å². The molecule has 0 heterocycles. The lowest BCUT2D eigenvalue weighted by atomic mass is 10.4. The van der Waals surface area contributed by atoms with Crippen LogP contribution in [-0.4, -0.2) is 25.5 Å². The van der Waals surface area contributed by atoms with Gasteiger partial charge in [-0.2, -0.15) is 0 Å². The molecule has 0 aromatic heterocycles. The molecule has 40 valence electrons. The summed E-state index contributed by atoms with van der Waals surface area (Å²) in [5.74, 6) is 2.56. The predicted molar refractivity (Wildman–Crippen MR) is 32.0 cm³/mol. The van der Waals surface area contributed by atoms with Crippen molar-refractivity contribution in [3.05, 3.63) is 0 Å². The molecule has 0 aromatic carbocycles. The van der Waals surface area contributed by atoms with Crippen LogP contribution in [0.15, 0.2) is 0 Å². The predicted octanol–water partition coefficient (Wildman–Crippen LogP) is 0.571. The van der Waals surface area contributed by atoms with Crippen molar-refractivity contribution >= 4 is 0 Å². The van der Waals surface area contributed by atoms with E-state index in [1.54, 1.807) is 0 Å². The lowest BCUT2D eigenvalue weighted by Crippen LogP contribution is -2.11. The first-order valence-corrected chi connectivity index (χ1v) is 2.35. The van der Waals surface area contributed by atoms with Crippen LogP contribution >= 0.6 is 0 Å². The number of hydrogen-bond acceptors (Lipinski definition) is 1. The van der Waals surface area contributed by atoms with Crippen LogP contribution in [0.2, 0.25) is 0 Å². The smallest absolute Gasteiger partial charge is 0.0214 e. The Morgan fingerprint density at radius 3 is 2.29 bits per heavy atom. The highest BCUT2D eigenvalue weighted by Gasteiger charge is 1.81. The number of hydrogen-bond donors (Lipinski definition) is 0. The molecular formula is C6H11N. The number of nitrogens with zero attached hydrogens (tertiary/aromatic N) is 1. The van der Waals surface area contributed by atoms with E-state index in [2.05, 4.69) is 10.8 Å². The zero-order valence-corrected chi connectivity index (χ0v) is 4.94. The molecule has 0 saturated heterocycles. The third-order valence-corrected chi connectivity index (χ3v) is 0.703. The summed E-state index contributed by atoms with van der Waals surface area (Å²) in [7, 11) is 4.02. The van der Waals surface area contributed by atoms with E-state index >= 15 is 0 Å². The normalized spacial score (nSPS) is 8.86. The molecule has 0 rings (SSSR count). The van der Waals surface area contributed by atoms with Crippen LogP contribution in [0, 0.1) is 12.3 Å².